The van der Waals surface area contributed by atoms with Gasteiger partial charge in [-0.2, -0.15) is 0 Å². The minimum atomic E-state index is -0.428. The van der Waals surface area contributed by atoms with E-state index in [-0.39, 0.29) is 23.9 Å². The molecule has 2 aliphatic rings. The van der Waals surface area contributed by atoms with Crippen LogP contribution in [0.1, 0.15) is 33.7 Å². The van der Waals surface area contributed by atoms with Crippen molar-refractivity contribution in [3.63, 3.8) is 0 Å². The van der Waals surface area contributed by atoms with Crippen molar-refractivity contribution < 1.29 is 23.5 Å². The number of carbonyl (C=O) groups excluding carboxylic acids is 2. The molecule has 3 heterocycles. The third-order valence-corrected chi connectivity index (χ3v) is 6.16. The molecule has 0 bridgehead atoms. The molecule has 1 unspecified atom stereocenters. The number of carbonyl (C=O) groups is 2. The fourth-order valence-electron chi connectivity index (χ4n) is 3.65. The van der Waals surface area contributed by atoms with Gasteiger partial charge in [-0.25, -0.2) is 9.18 Å². The van der Waals surface area contributed by atoms with Gasteiger partial charge in [-0.3, -0.25) is 4.79 Å². The Labute approximate surface area is 186 Å². The van der Waals surface area contributed by atoms with Crippen molar-refractivity contribution in [3.8, 4) is 11.5 Å². The summed E-state index contributed by atoms with van der Waals surface area (Å²) in [5, 5.41) is 14.4. The van der Waals surface area contributed by atoms with E-state index in [0.717, 1.165) is 17.8 Å². The average molecular weight is 455 g/mol. The van der Waals surface area contributed by atoms with Crippen LogP contribution in [0, 0.1) is 5.82 Å². The number of nitrogens with one attached hydrogen (secondary N) is 2. The molecule has 9 nitrogen and oxygen atoms in total. The van der Waals surface area contributed by atoms with Gasteiger partial charge in [-0.1, -0.05) is 17.4 Å². The number of benzene rings is 2. The Hall–Kier alpha value is -3.73. The van der Waals surface area contributed by atoms with Crippen LogP contribution in [0.5, 0.6) is 11.5 Å². The van der Waals surface area contributed by atoms with Crippen molar-refractivity contribution in [3.05, 3.63) is 58.3 Å². The molecule has 0 radical (unpaired) electrons. The van der Waals surface area contributed by atoms with Crippen LogP contribution in [0.15, 0.2) is 42.5 Å². The lowest BCUT2D eigenvalue weighted by atomic mass is 10.2. The molecule has 1 saturated heterocycles. The highest BCUT2D eigenvalue weighted by molar-refractivity contribution is 7.13. The van der Waals surface area contributed by atoms with Crippen molar-refractivity contribution in [1.29, 1.82) is 0 Å². The fourth-order valence-corrected chi connectivity index (χ4v) is 4.53. The highest BCUT2D eigenvalue weighted by Gasteiger charge is 2.33. The zero-order valence-corrected chi connectivity index (χ0v) is 17.5. The topological polar surface area (TPSA) is 106 Å². The van der Waals surface area contributed by atoms with Gasteiger partial charge in [-0.05, 0) is 43.2 Å². The highest BCUT2D eigenvalue weighted by atomic mass is 32.1. The zero-order valence-electron chi connectivity index (χ0n) is 16.7. The van der Waals surface area contributed by atoms with Gasteiger partial charge < -0.3 is 25.0 Å². The molecular formula is C21H18FN5O4S. The van der Waals surface area contributed by atoms with Crippen molar-refractivity contribution in [1.82, 2.24) is 15.1 Å². The molecule has 0 saturated carbocycles. The molecule has 0 spiro atoms. The number of hydrogen-bond donors (Lipinski definition) is 2. The number of urea groups is 1. The Morgan fingerprint density at radius 1 is 1.06 bits per heavy atom. The predicted molar refractivity (Wildman–Crippen MR) is 115 cm³/mol. The second-order valence-electron chi connectivity index (χ2n) is 7.26. The van der Waals surface area contributed by atoms with E-state index in [1.807, 2.05) is 0 Å². The molecule has 1 aromatic heterocycles. The molecule has 1 fully saturated rings. The van der Waals surface area contributed by atoms with Crippen molar-refractivity contribution in [2.75, 3.05) is 24.0 Å². The smallest absolute Gasteiger partial charge is 0.322 e. The van der Waals surface area contributed by atoms with E-state index in [2.05, 4.69) is 20.8 Å². The Morgan fingerprint density at radius 2 is 1.91 bits per heavy atom. The van der Waals surface area contributed by atoms with Gasteiger partial charge in [0.05, 0.1) is 6.04 Å². The number of rotatable bonds is 4. The lowest BCUT2D eigenvalue weighted by Gasteiger charge is -2.23. The molecular weight excluding hydrogens is 437 g/mol. The third-order valence-electron chi connectivity index (χ3n) is 5.14. The van der Waals surface area contributed by atoms with Crippen molar-refractivity contribution >= 4 is 34.6 Å². The van der Waals surface area contributed by atoms with E-state index in [4.69, 9.17) is 9.47 Å². The standard InChI is InChI=1S/C21H18FN5O4S/c22-12-3-1-4-13(9-12)24-21(29)27-8-2-5-15(27)19-25-26-20(32-19)18(28)23-14-6-7-16-17(10-14)31-11-30-16/h1,3-4,6-7,9-10,15H,2,5,8,11H2,(H,23,28)(H,24,29). The van der Waals surface area contributed by atoms with E-state index in [0.29, 0.717) is 40.8 Å². The van der Waals surface area contributed by atoms with Crippen LogP contribution in [0.2, 0.25) is 0 Å². The summed E-state index contributed by atoms with van der Waals surface area (Å²) in [6, 6.07) is 10.2. The molecule has 1 atom stereocenters. The number of halogens is 1. The second kappa shape index (κ2) is 8.42. The van der Waals surface area contributed by atoms with E-state index >= 15 is 0 Å². The molecule has 3 amide bonds. The minimum Gasteiger partial charge on any atom is -0.454 e. The number of fused-ring (bicyclic) bond motifs is 1. The first kappa shape index (κ1) is 20.2. The Morgan fingerprint density at radius 3 is 2.78 bits per heavy atom. The number of amides is 3. The molecule has 3 aromatic rings. The van der Waals surface area contributed by atoms with Crippen LogP contribution in [0.25, 0.3) is 0 Å². The fraction of sp³-hybridized carbons (Fsp3) is 0.238. The first-order valence-corrected chi connectivity index (χ1v) is 10.8. The van der Waals surface area contributed by atoms with Gasteiger partial charge in [0.1, 0.15) is 10.8 Å². The summed E-state index contributed by atoms with van der Waals surface area (Å²) < 4.78 is 24.0. The summed E-state index contributed by atoms with van der Waals surface area (Å²) in [7, 11) is 0. The van der Waals surface area contributed by atoms with Crippen LogP contribution in [0.4, 0.5) is 20.6 Å². The van der Waals surface area contributed by atoms with Crippen LogP contribution >= 0.6 is 11.3 Å². The molecule has 5 rings (SSSR count). The number of aromatic nitrogens is 2. The second-order valence-corrected chi connectivity index (χ2v) is 8.27. The Kier molecular flexibility index (Phi) is 5.31. The normalized spacial score (nSPS) is 16.8. The molecule has 11 heteroatoms. The first-order chi connectivity index (χ1) is 15.6. The van der Waals surface area contributed by atoms with Crippen molar-refractivity contribution in [2.45, 2.75) is 18.9 Å². The number of ether oxygens (including phenoxy) is 2. The zero-order chi connectivity index (χ0) is 22.1. The molecule has 32 heavy (non-hydrogen) atoms. The summed E-state index contributed by atoms with van der Waals surface area (Å²) in [6.07, 6.45) is 1.49. The largest absolute Gasteiger partial charge is 0.454 e. The molecule has 2 aromatic carbocycles. The number of anilines is 2. The Bertz CT molecular complexity index is 1190. The number of nitrogens with zero attached hydrogens (tertiary/aromatic N) is 3. The van der Waals surface area contributed by atoms with Gasteiger partial charge in [0.25, 0.3) is 5.91 Å². The first-order valence-electron chi connectivity index (χ1n) is 9.94. The number of hydrogen-bond acceptors (Lipinski definition) is 7. The number of likely N-dealkylation sites (tertiary alicyclic amines) is 1. The van der Waals surface area contributed by atoms with Gasteiger partial charge >= 0.3 is 6.03 Å². The van der Waals surface area contributed by atoms with Gasteiger partial charge in [0.15, 0.2) is 11.5 Å². The highest BCUT2D eigenvalue weighted by Crippen LogP contribution is 2.36. The van der Waals surface area contributed by atoms with Crippen LogP contribution in [0.3, 0.4) is 0 Å². The quantitative estimate of drug-likeness (QED) is 0.615. The predicted octanol–water partition coefficient (Wildman–Crippen LogP) is 4.03. The summed E-state index contributed by atoms with van der Waals surface area (Å²) in [6.45, 7) is 0.682. The lowest BCUT2D eigenvalue weighted by Crippen LogP contribution is -2.34. The SMILES string of the molecule is O=C(Nc1ccc2c(c1)OCO2)c1nnc(C2CCCN2C(=O)Nc2cccc(F)c2)s1. The summed E-state index contributed by atoms with van der Waals surface area (Å²) in [4.78, 5) is 27.0. The minimum absolute atomic E-state index is 0.150. The van der Waals surface area contributed by atoms with Crippen molar-refractivity contribution in [2.24, 2.45) is 0 Å². The lowest BCUT2D eigenvalue weighted by molar-refractivity contribution is 0.102. The van der Waals surface area contributed by atoms with E-state index in [1.54, 1.807) is 29.2 Å². The van der Waals surface area contributed by atoms with Gasteiger partial charge in [-0.15, -0.1) is 10.2 Å². The summed E-state index contributed by atoms with van der Waals surface area (Å²) in [5.41, 5.74) is 0.926. The maximum absolute atomic E-state index is 13.4. The molecule has 2 N–H and O–H groups in total. The average Bonchev–Trinajstić information content (AvgIpc) is 3.52. The maximum atomic E-state index is 13.4. The van der Waals surface area contributed by atoms with Crippen LogP contribution in [-0.2, 0) is 0 Å². The van der Waals surface area contributed by atoms with Gasteiger partial charge in [0, 0.05) is 24.0 Å². The van der Waals surface area contributed by atoms with Gasteiger partial charge in [0.2, 0.25) is 11.8 Å². The van der Waals surface area contributed by atoms with E-state index in [9.17, 15) is 14.0 Å². The maximum Gasteiger partial charge on any atom is 0.322 e. The van der Waals surface area contributed by atoms with Crippen LogP contribution in [-0.4, -0.2) is 40.4 Å². The third kappa shape index (κ3) is 4.06. The Balaban J connectivity index is 1.26. The van der Waals surface area contributed by atoms with Crippen LogP contribution < -0.4 is 20.1 Å². The molecule has 2 aliphatic heterocycles. The van der Waals surface area contributed by atoms with E-state index < -0.39 is 11.7 Å². The summed E-state index contributed by atoms with van der Waals surface area (Å²) >= 11 is 1.14. The monoisotopic (exact) mass is 455 g/mol. The van der Waals surface area contributed by atoms with E-state index in [1.165, 1.54) is 18.2 Å². The summed E-state index contributed by atoms with van der Waals surface area (Å²) in [5.74, 6) is 0.357. The molecule has 0 aliphatic carbocycles. The molecule has 164 valence electrons.